The van der Waals surface area contributed by atoms with Gasteiger partial charge in [0.1, 0.15) is 0 Å². The highest BCUT2D eigenvalue weighted by Gasteiger charge is 2.20. The van der Waals surface area contributed by atoms with Gasteiger partial charge in [-0.3, -0.25) is 9.59 Å². The molecule has 2 atom stereocenters. The summed E-state index contributed by atoms with van der Waals surface area (Å²) in [6.07, 6.45) is 66.1. The minimum absolute atomic E-state index is 0.0000523. The van der Waals surface area contributed by atoms with Gasteiger partial charge in [-0.2, -0.15) is 0 Å². The molecule has 6 nitrogen and oxygen atoms in total. The van der Waals surface area contributed by atoms with Gasteiger partial charge in [0, 0.05) is 12.8 Å². The van der Waals surface area contributed by atoms with Crippen LogP contribution in [0.1, 0.15) is 316 Å². The average Bonchev–Trinajstić information content (AvgIpc) is 3.31. The second kappa shape index (κ2) is 54.9. The Hall–Kier alpha value is -1.66. The quantitative estimate of drug-likeness (QED) is 0.0321. The Morgan fingerprint density at radius 1 is 0.431 bits per heavy atom. The molecule has 3 N–H and O–H groups in total. The molecule has 0 fully saturated rings. The number of esters is 1. The molecule has 0 aliphatic rings. The van der Waals surface area contributed by atoms with Crippen molar-refractivity contribution in [2.24, 2.45) is 0 Å². The van der Waals surface area contributed by atoms with Crippen molar-refractivity contribution < 1.29 is 24.5 Å². The molecule has 0 bridgehead atoms. The highest BCUT2D eigenvalue weighted by atomic mass is 16.5. The van der Waals surface area contributed by atoms with Crippen molar-refractivity contribution in [3.8, 4) is 0 Å². The van der Waals surface area contributed by atoms with Crippen LogP contribution in [0.15, 0.2) is 24.3 Å². The van der Waals surface area contributed by atoms with Crippen molar-refractivity contribution in [2.75, 3.05) is 13.2 Å². The highest BCUT2D eigenvalue weighted by molar-refractivity contribution is 5.76. The molecule has 0 saturated heterocycles. The van der Waals surface area contributed by atoms with Gasteiger partial charge >= 0.3 is 5.97 Å². The van der Waals surface area contributed by atoms with Gasteiger partial charge < -0.3 is 20.3 Å². The summed E-state index contributed by atoms with van der Waals surface area (Å²) in [6, 6.07) is -0.539. The molecule has 0 aromatic rings. The smallest absolute Gasteiger partial charge is 0.305 e. The average molecular weight is 917 g/mol. The molecular weight excluding hydrogens is 803 g/mol. The van der Waals surface area contributed by atoms with Crippen molar-refractivity contribution in [3.05, 3.63) is 24.3 Å². The molecule has 2 unspecified atom stereocenters. The summed E-state index contributed by atoms with van der Waals surface area (Å²) in [5, 5.41) is 23.2. The van der Waals surface area contributed by atoms with E-state index >= 15 is 0 Å². The van der Waals surface area contributed by atoms with E-state index in [2.05, 4.69) is 43.5 Å². The number of amides is 1. The van der Waals surface area contributed by atoms with Gasteiger partial charge in [-0.1, -0.05) is 276 Å². The molecule has 0 saturated carbocycles. The largest absolute Gasteiger partial charge is 0.466 e. The van der Waals surface area contributed by atoms with Crippen LogP contribution in [0.25, 0.3) is 0 Å². The Balaban J connectivity index is 3.35. The minimum Gasteiger partial charge on any atom is -0.466 e. The van der Waals surface area contributed by atoms with Gasteiger partial charge in [0.25, 0.3) is 0 Å². The fourth-order valence-electron chi connectivity index (χ4n) is 9.03. The standard InChI is InChI=1S/C59H113NO5/c1-3-5-7-9-11-13-15-28-33-37-41-45-49-53-59(64)65-54-50-46-42-38-34-30-27-25-23-21-19-17-16-18-20-22-24-26-29-32-36-40-44-48-52-58(63)60-56(55-61)57(62)51-47-43-39-35-31-14-12-10-8-6-4-2/h7,9,13,15,56-57,61-62H,3-6,8,10-12,14,16-55H2,1-2H3,(H,60,63)/b9-7-,15-13-. The lowest BCUT2D eigenvalue weighted by molar-refractivity contribution is -0.143. The number of nitrogens with one attached hydrogen (secondary N) is 1. The van der Waals surface area contributed by atoms with Gasteiger partial charge in [0.15, 0.2) is 0 Å². The molecule has 384 valence electrons. The van der Waals surface area contributed by atoms with E-state index in [1.807, 2.05) is 0 Å². The zero-order valence-electron chi connectivity index (χ0n) is 43.7. The molecule has 0 rings (SSSR count). The Bertz CT molecular complexity index is 1010. The third-order valence-corrected chi connectivity index (χ3v) is 13.5. The first-order chi connectivity index (χ1) is 32.0. The normalized spacial score (nSPS) is 12.7. The summed E-state index contributed by atoms with van der Waals surface area (Å²) in [4.78, 5) is 24.4. The number of hydrogen-bond donors (Lipinski definition) is 3. The monoisotopic (exact) mass is 916 g/mol. The van der Waals surface area contributed by atoms with Crippen molar-refractivity contribution in [3.63, 3.8) is 0 Å². The van der Waals surface area contributed by atoms with Gasteiger partial charge in [0.05, 0.1) is 25.4 Å². The van der Waals surface area contributed by atoms with Gasteiger partial charge in [0.2, 0.25) is 5.91 Å². The van der Waals surface area contributed by atoms with Crippen molar-refractivity contribution in [2.45, 2.75) is 328 Å². The van der Waals surface area contributed by atoms with Gasteiger partial charge in [-0.15, -0.1) is 0 Å². The van der Waals surface area contributed by atoms with Crippen molar-refractivity contribution in [1.29, 1.82) is 0 Å². The van der Waals surface area contributed by atoms with Crippen LogP contribution in [-0.4, -0.2) is 47.4 Å². The molecule has 0 aromatic heterocycles. The van der Waals surface area contributed by atoms with Crippen molar-refractivity contribution in [1.82, 2.24) is 5.32 Å². The summed E-state index contributed by atoms with van der Waals surface area (Å²) < 4.78 is 5.47. The van der Waals surface area contributed by atoms with E-state index in [1.54, 1.807) is 0 Å². The number of unbranched alkanes of at least 4 members (excludes halogenated alkanes) is 39. The predicted octanol–water partition coefficient (Wildman–Crippen LogP) is 17.9. The summed E-state index contributed by atoms with van der Waals surface area (Å²) in [5.41, 5.74) is 0. The first-order valence-electron chi connectivity index (χ1n) is 29.1. The van der Waals surface area contributed by atoms with Crippen LogP contribution in [-0.2, 0) is 14.3 Å². The van der Waals surface area contributed by atoms with Crippen LogP contribution in [0.2, 0.25) is 0 Å². The Labute approximate surface area is 405 Å². The lowest BCUT2D eigenvalue weighted by Crippen LogP contribution is -2.45. The zero-order valence-corrected chi connectivity index (χ0v) is 43.7. The Morgan fingerprint density at radius 3 is 1.23 bits per heavy atom. The third kappa shape index (κ3) is 51.6. The Morgan fingerprint density at radius 2 is 0.800 bits per heavy atom. The van der Waals surface area contributed by atoms with Crippen LogP contribution >= 0.6 is 0 Å². The van der Waals surface area contributed by atoms with E-state index in [-0.39, 0.29) is 18.5 Å². The van der Waals surface area contributed by atoms with E-state index in [0.717, 1.165) is 51.4 Å². The summed E-state index contributed by atoms with van der Waals surface area (Å²) in [7, 11) is 0. The molecule has 65 heavy (non-hydrogen) atoms. The second-order valence-corrected chi connectivity index (χ2v) is 20.0. The number of carbonyl (C=O) groups excluding carboxylic acids is 2. The van der Waals surface area contributed by atoms with E-state index in [1.165, 1.54) is 231 Å². The summed E-state index contributed by atoms with van der Waals surface area (Å²) in [6.45, 7) is 4.88. The molecule has 6 heteroatoms. The molecule has 0 aromatic carbocycles. The maximum Gasteiger partial charge on any atom is 0.305 e. The first-order valence-corrected chi connectivity index (χ1v) is 29.1. The number of ether oxygens (including phenoxy) is 1. The van der Waals surface area contributed by atoms with Gasteiger partial charge in [-0.05, 0) is 51.4 Å². The number of aliphatic hydroxyl groups excluding tert-OH is 2. The molecule has 1 amide bonds. The fourth-order valence-corrected chi connectivity index (χ4v) is 9.03. The maximum atomic E-state index is 12.4. The van der Waals surface area contributed by atoms with Crippen LogP contribution in [0.4, 0.5) is 0 Å². The molecular formula is C59H113NO5. The minimum atomic E-state index is -0.661. The lowest BCUT2D eigenvalue weighted by atomic mass is 10.0. The molecule has 0 heterocycles. The van der Waals surface area contributed by atoms with Crippen molar-refractivity contribution >= 4 is 11.9 Å². The summed E-state index contributed by atoms with van der Waals surface area (Å²) >= 11 is 0. The Kier molecular flexibility index (Phi) is 53.5. The topological polar surface area (TPSA) is 95.9 Å². The van der Waals surface area contributed by atoms with E-state index < -0.39 is 12.1 Å². The molecule has 0 aliphatic heterocycles. The molecule has 0 radical (unpaired) electrons. The highest BCUT2D eigenvalue weighted by Crippen LogP contribution is 2.18. The lowest BCUT2D eigenvalue weighted by Gasteiger charge is -2.22. The number of hydrogen-bond acceptors (Lipinski definition) is 5. The number of aliphatic hydroxyl groups is 2. The van der Waals surface area contributed by atoms with Crippen LogP contribution in [0, 0.1) is 0 Å². The first kappa shape index (κ1) is 63.3. The number of allylic oxidation sites excluding steroid dienone is 4. The fraction of sp³-hybridized carbons (Fsp3) is 0.898. The predicted molar refractivity (Wildman–Crippen MR) is 283 cm³/mol. The van der Waals surface area contributed by atoms with E-state index in [0.29, 0.717) is 25.9 Å². The van der Waals surface area contributed by atoms with Crippen LogP contribution < -0.4 is 5.32 Å². The molecule has 0 aliphatic carbocycles. The van der Waals surface area contributed by atoms with Crippen LogP contribution in [0.5, 0.6) is 0 Å². The summed E-state index contributed by atoms with van der Waals surface area (Å²) in [5.74, 6) is -0.0342. The third-order valence-electron chi connectivity index (χ3n) is 13.5. The van der Waals surface area contributed by atoms with E-state index in [4.69, 9.17) is 4.74 Å². The second-order valence-electron chi connectivity index (χ2n) is 20.0. The van der Waals surface area contributed by atoms with Crippen LogP contribution in [0.3, 0.4) is 0 Å². The number of carbonyl (C=O) groups is 2. The molecule has 0 spiro atoms. The van der Waals surface area contributed by atoms with E-state index in [9.17, 15) is 19.8 Å². The number of rotatable bonds is 54. The SMILES string of the molecule is CCC/C=C\C/C=C\CCCCCCCC(=O)OCCCCCCCCCCCCCCCCCCCCCCCCCCC(=O)NC(CO)C(O)CCCCCCCCCCCCC. The maximum absolute atomic E-state index is 12.4. The van der Waals surface area contributed by atoms with Gasteiger partial charge in [-0.25, -0.2) is 0 Å². The zero-order chi connectivity index (χ0) is 47.2.